The van der Waals surface area contributed by atoms with Crippen molar-refractivity contribution in [3.05, 3.63) is 64.2 Å². The van der Waals surface area contributed by atoms with Crippen LogP contribution >= 0.6 is 11.6 Å². The lowest BCUT2D eigenvalue weighted by molar-refractivity contribution is 1.08. The molecular weight excluding hydrogens is 254 g/mol. The van der Waals surface area contributed by atoms with E-state index in [9.17, 15) is 0 Å². The maximum Gasteiger partial charge on any atom is 0.0410 e. The number of benzene rings is 2. The van der Waals surface area contributed by atoms with Crippen LogP contribution in [0.2, 0.25) is 5.02 Å². The van der Waals surface area contributed by atoms with Crippen molar-refractivity contribution in [3.8, 4) is 0 Å². The highest BCUT2D eigenvalue weighted by Gasteiger charge is 2.23. The van der Waals surface area contributed by atoms with Crippen LogP contribution < -0.4 is 5.32 Å². The molecule has 1 aliphatic rings. The Balaban J connectivity index is 1.69. The summed E-state index contributed by atoms with van der Waals surface area (Å²) in [5.41, 5.74) is 5.18. The predicted octanol–water partition coefficient (Wildman–Crippen LogP) is 5.14. The maximum absolute atomic E-state index is 5.97. The first kappa shape index (κ1) is 12.6. The zero-order chi connectivity index (χ0) is 13.2. The molecule has 0 heterocycles. The zero-order valence-corrected chi connectivity index (χ0v) is 11.9. The van der Waals surface area contributed by atoms with Crippen molar-refractivity contribution in [1.29, 1.82) is 0 Å². The molecule has 2 aromatic carbocycles. The third-order valence-corrected chi connectivity index (χ3v) is 3.91. The van der Waals surface area contributed by atoms with Crippen LogP contribution in [0.4, 0.5) is 5.69 Å². The molecular formula is C17H18ClN. The highest BCUT2D eigenvalue weighted by molar-refractivity contribution is 6.30. The smallest absolute Gasteiger partial charge is 0.0410 e. The van der Waals surface area contributed by atoms with Gasteiger partial charge in [0.05, 0.1) is 0 Å². The normalized spacial score (nSPS) is 14.4. The van der Waals surface area contributed by atoms with E-state index in [0.29, 0.717) is 0 Å². The third-order valence-electron chi connectivity index (χ3n) is 3.67. The quantitative estimate of drug-likeness (QED) is 0.812. The lowest BCUT2D eigenvalue weighted by Crippen LogP contribution is -2.01. The zero-order valence-electron chi connectivity index (χ0n) is 11.1. The van der Waals surface area contributed by atoms with Crippen LogP contribution in [0.25, 0.3) is 0 Å². The van der Waals surface area contributed by atoms with Gasteiger partial charge >= 0.3 is 0 Å². The molecule has 1 saturated carbocycles. The standard InChI is InChI=1S/C17H18ClN/c1-12-9-16(18)7-8-17(12)19-11-13-3-2-4-15(10-13)14-5-6-14/h2-4,7-10,14,19H,5-6,11H2,1H3. The van der Waals surface area contributed by atoms with Crippen molar-refractivity contribution in [2.45, 2.75) is 32.2 Å². The Kier molecular flexibility index (Phi) is 3.48. The van der Waals surface area contributed by atoms with Crippen LogP contribution in [-0.2, 0) is 6.54 Å². The van der Waals surface area contributed by atoms with E-state index in [-0.39, 0.29) is 0 Å². The van der Waals surface area contributed by atoms with E-state index in [4.69, 9.17) is 11.6 Å². The fraction of sp³-hybridized carbons (Fsp3) is 0.294. The number of anilines is 1. The number of nitrogens with one attached hydrogen (secondary N) is 1. The summed E-state index contributed by atoms with van der Waals surface area (Å²) in [7, 11) is 0. The third kappa shape index (κ3) is 3.10. The second-order valence-electron chi connectivity index (χ2n) is 5.33. The van der Waals surface area contributed by atoms with E-state index in [2.05, 4.69) is 36.5 Å². The topological polar surface area (TPSA) is 12.0 Å². The summed E-state index contributed by atoms with van der Waals surface area (Å²) in [5, 5.41) is 4.27. The molecule has 0 saturated heterocycles. The van der Waals surface area contributed by atoms with Gasteiger partial charge in [-0.2, -0.15) is 0 Å². The first-order valence-corrected chi connectivity index (χ1v) is 7.19. The van der Waals surface area contributed by atoms with Crippen LogP contribution in [0.1, 0.15) is 35.4 Å². The van der Waals surface area contributed by atoms with Crippen LogP contribution in [0.5, 0.6) is 0 Å². The number of hydrogen-bond acceptors (Lipinski definition) is 1. The Morgan fingerprint density at radius 1 is 1.16 bits per heavy atom. The van der Waals surface area contributed by atoms with Crippen LogP contribution in [0.3, 0.4) is 0 Å². The van der Waals surface area contributed by atoms with E-state index in [1.165, 1.54) is 29.5 Å². The molecule has 0 aliphatic heterocycles. The molecule has 19 heavy (non-hydrogen) atoms. The molecule has 0 bridgehead atoms. The van der Waals surface area contributed by atoms with Crippen molar-refractivity contribution >= 4 is 17.3 Å². The Morgan fingerprint density at radius 2 is 2.00 bits per heavy atom. The van der Waals surface area contributed by atoms with Crippen LogP contribution in [0, 0.1) is 6.92 Å². The minimum atomic E-state index is 0.791. The predicted molar refractivity (Wildman–Crippen MR) is 81.9 cm³/mol. The van der Waals surface area contributed by atoms with E-state index in [1.807, 2.05) is 18.2 Å². The number of rotatable bonds is 4. The summed E-state index contributed by atoms with van der Waals surface area (Å²) in [5.74, 6) is 0.817. The fourth-order valence-corrected chi connectivity index (χ4v) is 2.62. The van der Waals surface area contributed by atoms with E-state index < -0.39 is 0 Å². The largest absolute Gasteiger partial charge is 0.381 e. The van der Waals surface area contributed by atoms with Gasteiger partial charge in [-0.1, -0.05) is 35.9 Å². The summed E-state index contributed by atoms with van der Waals surface area (Å²) < 4.78 is 0. The van der Waals surface area contributed by atoms with Gasteiger partial charge in [-0.25, -0.2) is 0 Å². The van der Waals surface area contributed by atoms with Gasteiger partial charge in [0.1, 0.15) is 0 Å². The molecule has 3 rings (SSSR count). The van der Waals surface area contributed by atoms with Gasteiger partial charge in [-0.3, -0.25) is 0 Å². The molecule has 98 valence electrons. The first-order chi connectivity index (χ1) is 9.22. The second-order valence-corrected chi connectivity index (χ2v) is 5.77. The molecule has 0 spiro atoms. The number of hydrogen-bond donors (Lipinski definition) is 1. The molecule has 2 aromatic rings. The van der Waals surface area contributed by atoms with Crippen LogP contribution in [0.15, 0.2) is 42.5 Å². The van der Waals surface area contributed by atoms with Gasteiger partial charge in [0.25, 0.3) is 0 Å². The minimum absolute atomic E-state index is 0.791. The summed E-state index contributed by atoms with van der Waals surface area (Å²) in [6.45, 7) is 2.94. The van der Waals surface area contributed by atoms with E-state index in [0.717, 1.165) is 23.2 Å². The molecule has 1 aliphatic carbocycles. The Bertz CT molecular complexity index is 588. The monoisotopic (exact) mass is 271 g/mol. The van der Waals surface area contributed by atoms with Crippen molar-refractivity contribution in [2.24, 2.45) is 0 Å². The summed E-state index contributed by atoms with van der Waals surface area (Å²) in [4.78, 5) is 0. The molecule has 0 amide bonds. The van der Waals surface area contributed by atoms with Gasteiger partial charge in [-0.05, 0) is 60.6 Å². The summed E-state index contributed by atoms with van der Waals surface area (Å²) in [6, 6.07) is 14.9. The van der Waals surface area contributed by atoms with Gasteiger partial charge in [0.15, 0.2) is 0 Å². The van der Waals surface area contributed by atoms with Gasteiger partial charge < -0.3 is 5.32 Å². The molecule has 2 heteroatoms. The SMILES string of the molecule is Cc1cc(Cl)ccc1NCc1cccc(C2CC2)c1. The number of aryl methyl sites for hydroxylation is 1. The van der Waals surface area contributed by atoms with Crippen LogP contribution in [-0.4, -0.2) is 0 Å². The van der Waals surface area contributed by atoms with Crippen molar-refractivity contribution < 1.29 is 0 Å². The molecule has 1 nitrogen and oxygen atoms in total. The van der Waals surface area contributed by atoms with E-state index in [1.54, 1.807) is 0 Å². The van der Waals surface area contributed by atoms with Crippen molar-refractivity contribution in [2.75, 3.05) is 5.32 Å². The lowest BCUT2D eigenvalue weighted by atomic mass is 10.1. The second kappa shape index (κ2) is 5.26. The van der Waals surface area contributed by atoms with Crippen molar-refractivity contribution in [1.82, 2.24) is 0 Å². The lowest BCUT2D eigenvalue weighted by Gasteiger charge is -2.10. The van der Waals surface area contributed by atoms with Crippen molar-refractivity contribution in [3.63, 3.8) is 0 Å². The minimum Gasteiger partial charge on any atom is -0.381 e. The van der Waals surface area contributed by atoms with Gasteiger partial charge in [-0.15, -0.1) is 0 Å². The summed E-state index contributed by atoms with van der Waals surface area (Å²) in [6.07, 6.45) is 2.71. The average molecular weight is 272 g/mol. The molecule has 0 aromatic heterocycles. The molecule has 0 unspecified atom stereocenters. The molecule has 1 N–H and O–H groups in total. The van der Waals surface area contributed by atoms with Gasteiger partial charge in [0.2, 0.25) is 0 Å². The first-order valence-electron chi connectivity index (χ1n) is 6.81. The highest BCUT2D eigenvalue weighted by atomic mass is 35.5. The highest BCUT2D eigenvalue weighted by Crippen LogP contribution is 2.40. The Labute approximate surface area is 119 Å². The molecule has 1 fully saturated rings. The Morgan fingerprint density at radius 3 is 2.74 bits per heavy atom. The van der Waals surface area contributed by atoms with E-state index >= 15 is 0 Å². The molecule has 0 atom stereocenters. The van der Waals surface area contributed by atoms with Gasteiger partial charge in [0, 0.05) is 17.3 Å². The Hall–Kier alpha value is -1.47. The fourth-order valence-electron chi connectivity index (χ4n) is 2.40. The summed E-state index contributed by atoms with van der Waals surface area (Å²) >= 11 is 5.97. The average Bonchev–Trinajstić information content (AvgIpc) is 3.22. The maximum atomic E-state index is 5.97. The number of halogens is 1. The molecule has 0 radical (unpaired) electrons.